The van der Waals surface area contributed by atoms with Crippen molar-refractivity contribution in [2.75, 3.05) is 19.6 Å². The Morgan fingerprint density at radius 1 is 1.56 bits per heavy atom. The largest absolute Gasteiger partial charge is 0.480 e. The van der Waals surface area contributed by atoms with Crippen LogP contribution in [0, 0.1) is 5.92 Å². The molecule has 18 heavy (non-hydrogen) atoms. The molecule has 2 atom stereocenters. The fourth-order valence-corrected chi connectivity index (χ4v) is 2.75. The Kier molecular flexibility index (Phi) is 5.60. The first kappa shape index (κ1) is 15.4. The smallest absolute Gasteiger partial charge is 0.323 e. The van der Waals surface area contributed by atoms with Crippen LogP contribution in [0.25, 0.3) is 0 Å². The molecule has 4 nitrogen and oxygen atoms in total. The summed E-state index contributed by atoms with van der Waals surface area (Å²) >= 11 is 0. The van der Waals surface area contributed by atoms with Gasteiger partial charge < -0.3 is 10.0 Å². The van der Waals surface area contributed by atoms with Crippen molar-refractivity contribution in [1.82, 2.24) is 10.2 Å². The third kappa shape index (κ3) is 4.58. The van der Waals surface area contributed by atoms with E-state index in [4.69, 9.17) is 0 Å². The Morgan fingerprint density at radius 3 is 2.72 bits per heavy atom. The van der Waals surface area contributed by atoms with Gasteiger partial charge in [0, 0.05) is 19.1 Å². The zero-order valence-corrected chi connectivity index (χ0v) is 12.2. The summed E-state index contributed by atoms with van der Waals surface area (Å²) < 4.78 is 0. The minimum absolute atomic E-state index is 0.186. The molecule has 0 saturated carbocycles. The van der Waals surface area contributed by atoms with Gasteiger partial charge >= 0.3 is 5.97 Å². The summed E-state index contributed by atoms with van der Waals surface area (Å²) in [7, 11) is 0. The topological polar surface area (TPSA) is 52.6 Å². The predicted octanol–water partition coefficient (Wildman–Crippen LogP) is 1.95. The molecular formula is C14H28N2O2. The van der Waals surface area contributed by atoms with E-state index in [1.54, 1.807) is 6.92 Å². The Hall–Kier alpha value is -0.610. The van der Waals surface area contributed by atoms with Crippen molar-refractivity contribution in [3.63, 3.8) is 0 Å². The molecule has 1 fully saturated rings. The molecular weight excluding hydrogens is 228 g/mol. The van der Waals surface area contributed by atoms with E-state index >= 15 is 0 Å². The third-order valence-electron chi connectivity index (χ3n) is 3.75. The van der Waals surface area contributed by atoms with Crippen LogP contribution in [-0.2, 0) is 4.79 Å². The number of aliphatic carboxylic acids is 1. The zero-order chi connectivity index (χ0) is 13.8. The number of carboxylic acids is 1. The Labute approximate surface area is 111 Å². The third-order valence-corrected chi connectivity index (χ3v) is 3.75. The molecule has 1 rings (SSSR count). The fraction of sp³-hybridized carbons (Fsp3) is 0.929. The molecule has 0 aromatic rings. The summed E-state index contributed by atoms with van der Waals surface area (Å²) in [5.41, 5.74) is -0.811. The van der Waals surface area contributed by atoms with E-state index in [0.717, 1.165) is 25.6 Å². The summed E-state index contributed by atoms with van der Waals surface area (Å²) in [6.45, 7) is 11.1. The predicted molar refractivity (Wildman–Crippen MR) is 73.8 cm³/mol. The molecule has 0 aromatic carbocycles. The number of nitrogens with one attached hydrogen (secondary N) is 1. The van der Waals surface area contributed by atoms with E-state index in [9.17, 15) is 9.90 Å². The summed E-state index contributed by atoms with van der Waals surface area (Å²) in [5, 5.41) is 12.6. The van der Waals surface area contributed by atoms with E-state index < -0.39 is 11.5 Å². The summed E-state index contributed by atoms with van der Waals surface area (Å²) in [6, 6.07) is 0.186. The second-order valence-electron chi connectivity index (χ2n) is 6.23. The number of likely N-dealkylation sites (tertiary alicyclic amines) is 1. The highest BCUT2D eigenvalue weighted by atomic mass is 16.4. The van der Waals surface area contributed by atoms with E-state index in [2.05, 4.69) is 17.1 Å². The number of rotatable bonds is 6. The van der Waals surface area contributed by atoms with E-state index in [-0.39, 0.29) is 6.04 Å². The molecule has 1 aliphatic rings. The fourth-order valence-electron chi connectivity index (χ4n) is 2.75. The van der Waals surface area contributed by atoms with Crippen LogP contribution in [0.15, 0.2) is 0 Å². The van der Waals surface area contributed by atoms with Crippen LogP contribution in [0.1, 0.15) is 47.0 Å². The average molecular weight is 256 g/mol. The van der Waals surface area contributed by atoms with Gasteiger partial charge in [-0.3, -0.25) is 10.1 Å². The van der Waals surface area contributed by atoms with Gasteiger partial charge in [0.1, 0.15) is 5.54 Å². The molecule has 0 aromatic heterocycles. The van der Waals surface area contributed by atoms with Crippen molar-refractivity contribution < 1.29 is 9.90 Å². The Morgan fingerprint density at radius 2 is 2.22 bits per heavy atom. The monoisotopic (exact) mass is 256 g/mol. The Balaban J connectivity index is 2.49. The van der Waals surface area contributed by atoms with Crippen LogP contribution < -0.4 is 5.32 Å². The number of piperidine rings is 1. The lowest BCUT2D eigenvalue weighted by Crippen LogP contribution is -2.54. The van der Waals surface area contributed by atoms with Crippen LogP contribution in [-0.4, -0.2) is 47.2 Å². The molecule has 0 amide bonds. The lowest BCUT2D eigenvalue weighted by atomic mass is 9.94. The maximum absolute atomic E-state index is 11.4. The lowest BCUT2D eigenvalue weighted by Gasteiger charge is -2.35. The number of hydrogen-bond donors (Lipinski definition) is 2. The summed E-state index contributed by atoms with van der Waals surface area (Å²) in [5.74, 6) is -0.00542. The summed E-state index contributed by atoms with van der Waals surface area (Å²) in [6.07, 6.45) is 3.20. The highest BCUT2D eigenvalue weighted by Gasteiger charge is 2.33. The van der Waals surface area contributed by atoms with Gasteiger partial charge in [0.2, 0.25) is 0 Å². The highest BCUT2D eigenvalue weighted by Crippen LogP contribution is 2.18. The normalized spacial score (nSPS) is 25.1. The second-order valence-corrected chi connectivity index (χ2v) is 6.23. The Bertz CT molecular complexity index is 281. The van der Waals surface area contributed by atoms with Crippen molar-refractivity contribution in [3.8, 4) is 0 Å². The standard InChI is InChI=1S/C14H28N2O2/c1-11(2)15-14(4,13(17)18)7-9-16-8-5-6-12(3)10-16/h11-12,15H,5-10H2,1-4H3,(H,17,18). The van der Waals surface area contributed by atoms with Gasteiger partial charge in [-0.15, -0.1) is 0 Å². The highest BCUT2D eigenvalue weighted by molar-refractivity contribution is 5.78. The van der Waals surface area contributed by atoms with Crippen LogP contribution >= 0.6 is 0 Å². The molecule has 1 saturated heterocycles. The van der Waals surface area contributed by atoms with Crippen LogP contribution in [0.2, 0.25) is 0 Å². The van der Waals surface area contributed by atoms with Gasteiger partial charge in [-0.2, -0.15) is 0 Å². The first-order valence-electron chi connectivity index (χ1n) is 7.07. The van der Waals surface area contributed by atoms with Gasteiger partial charge in [0.15, 0.2) is 0 Å². The van der Waals surface area contributed by atoms with Gasteiger partial charge in [-0.05, 0) is 52.5 Å². The van der Waals surface area contributed by atoms with Crippen molar-refractivity contribution in [2.45, 2.75) is 58.5 Å². The number of hydrogen-bond acceptors (Lipinski definition) is 3. The molecule has 106 valence electrons. The maximum Gasteiger partial charge on any atom is 0.323 e. The first-order chi connectivity index (χ1) is 8.33. The van der Waals surface area contributed by atoms with Crippen LogP contribution in [0.5, 0.6) is 0 Å². The van der Waals surface area contributed by atoms with Crippen molar-refractivity contribution in [3.05, 3.63) is 0 Å². The van der Waals surface area contributed by atoms with Gasteiger partial charge in [-0.25, -0.2) is 0 Å². The zero-order valence-electron chi connectivity index (χ0n) is 12.2. The van der Waals surface area contributed by atoms with Crippen molar-refractivity contribution in [2.24, 2.45) is 5.92 Å². The molecule has 0 bridgehead atoms. The average Bonchev–Trinajstić information content (AvgIpc) is 2.25. The molecule has 2 N–H and O–H groups in total. The number of carboxylic acid groups (broad SMARTS) is 1. The molecule has 2 unspecified atom stereocenters. The minimum atomic E-state index is -0.811. The van der Waals surface area contributed by atoms with Gasteiger partial charge in [-0.1, -0.05) is 6.92 Å². The molecule has 4 heteroatoms. The number of nitrogens with zero attached hydrogens (tertiary/aromatic N) is 1. The summed E-state index contributed by atoms with van der Waals surface area (Å²) in [4.78, 5) is 13.8. The van der Waals surface area contributed by atoms with E-state index in [1.165, 1.54) is 12.8 Å². The molecule has 0 radical (unpaired) electrons. The van der Waals surface area contributed by atoms with Crippen LogP contribution in [0.4, 0.5) is 0 Å². The van der Waals surface area contributed by atoms with Crippen LogP contribution in [0.3, 0.4) is 0 Å². The van der Waals surface area contributed by atoms with Crippen molar-refractivity contribution in [1.29, 1.82) is 0 Å². The first-order valence-corrected chi connectivity index (χ1v) is 7.07. The molecule has 1 aliphatic heterocycles. The minimum Gasteiger partial charge on any atom is -0.480 e. The van der Waals surface area contributed by atoms with Crippen molar-refractivity contribution >= 4 is 5.97 Å². The van der Waals surface area contributed by atoms with E-state index in [1.807, 2.05) is 13.8 Å². The lowest BCUT2D eigenvalue weighted by molar-refractivity contribution is -0.145. The molecule has 0 aliphatic carbocycles. The van der Waals surface area contributed by atoms with E-state index in [0.29, 0.717) is 6.42 Å². The quantitative estimate of drug-likeness (QED) is 0.762. The number of carbonyl (C=O) groups is 1. The molecule has 0 spiro atoms. The second kappa shape index (κ2) is 6.53. The van der Waals surface area contributed by atoms with Gasteiger partial charge in [0.25, 0.3) is 0 Å². The molecule has 1 heterocycles. The van der Waals surface area contributed by atoms with Gasteiger partial charge in [0.05, 0.1) is 0 Å². The SMILES string of the molecule is CC1CCCN(CCC(C)(NC(C)C)C(=O)O)C1. The maximum atomic E-state index is 11.4.